The van der Waals surface area contributed by atoms with Crippen LogP contribution < -0.4 is 5.32 Å². The molecule has 0 unspecified atom stereocenters. The standard InChI is InChI=1S/C19H21N5O/c25-19(21-12-16-13-22-24-11-5-9-20-18(16)24)17-8-4-10-23(17)14-15-6-2-1-3-7-15/h1-3,5-7,9,11,13,17H,4,8,10,12,14H2,(H,21,25)/t17-/m0/s1. The highest BCUT2D eigenvalue weighted by Gasteiger charge is 2.30. The number of fused-ring (bicyclic) bond motifs is 1. The molecule has 25 heavy (non-hydrogen) atoms. The Kier molecular flexibility index (Phi) is 4.43. The Balaban J connectivity index is 1.40. The average molecular weight is 335 g/mol. The lowest BCUT2D eigenvalue weighted by Gasteiger charge is -2.23. The topological polar surface area (TPSA) is 62.5 Å². The van der Waals surface area contributed by atoms with Crippen molar-refractivity contribution in [3.8, 4) is 0 Å². The molecular weight excluding hydrogens is 314 g/mol. The van der Waals surface area contributed by atoms with Gasteiger partial charge in [0.05, 0.1) is 12.2 Å². The second-order valence-corrected chi connectivity index (χ2v) is 6.39. The van der Waals surface area contributed by atoms with E-state index in [9.17, 15) is 4.79 Å². The number of amides is 1. The van der Waals surface area contributed by atoms with Gasteiger partial charge in [-0.05, 0) is 31.0 Å². The van der Waals surface area contributed by atoms with Gasteiger partial charge >= 0.3 is 0 Å². The van der Waals surface area contributed by atoms with Crippen molar-refractivity contribution >= 4 is 11.6 Å². The summed E-state index contributed by atoms with van der Waals surface area (Å²) in [5, 5.41) is 7.32. The zero-order valence-corrected chi connectivity index (χ0v) is 14.0. The third kappa shape index (κ3) is 3.39. The van der Waals surface area contributed by atoms with E-state index in [0.29, 0.717) is 6.54 Å². The molecule has 1 fully saturated rings. The molecule has 1 saturated heterocycles. The van der Waals surface area contributed by atoms with Gasteiger partial charge in [-0.25, -0.2) is 9.50 Å². The van der Waals surface area contributed by atoms with E-state index < -0.39 is 0 Å². The molecule has 4 rings (SSSR count). The number of hydrogen-bond donors (Lipinski definition) is 1. The summed E-state index contributed by atoms with van der Waals surface area (Å²) < 4.78 is 1.72. The maximum atomic E-state index is 12.7. The molecule has 1 amide bonds. The molecule has 2 aromatic heterocycles. The largest absolute Gasteiger partial charge is 0.350 e. The van der Waals surface area contributed by atoms with Gasteiger partial charge in [0.15, 0.2) is 5.65 Å². The highest BCUT2D eigenvalue weighted by atomic mass is 16.2. The van der Waals surface area contributed by atoms with Crippen LogP contribution in [0.15, 0.2) is 55.0 Å². The molecule has 0 aliphatic carbocycles. The molecule has 0 saturated carbocycles. The average Bonchev–Trinajstić information content (AvgIpc) is 3.27. The maximum absolute atomic E-state index is 12.7. The van der Waals surface area contributed by atoms with Gasteiger partial charge in [0.25, 0.3) is 0 Å². The summed E-state index contributed by atoms with van der Waals surface area (Å²) in [6.45, 7) is 2.23. The molecule has 3 aromatic rings. The summed E-state index contributed by atoms with van der Waals surface area (Å²) >= 11 is 0. The zero-order valence-electron chi connectivity index (χ0n) is 14.0. The van der Waals surface area contributed by atoms with Gasteiger partial charge < -0.3 is 5.32 Å². The fourth-order valence-electron chi connectivity index (χ4n) is 3.43. The lowest BCUT2D eigenvalue weighted by Crippen LogP contribution is -2.42. The van der Waals surface area contributed by atoms with Crippen molar-refractivity contribution in [1.29, 1.82) is 0 Å². The number of nitrogens with one attached hydrogen (secondary N) is 1. The summed E-state index contributed by atoms with van der Waals surface area (Å²) in [6, 6.07) is 12.1. The number of nitrogens with zero attached hydrogens (tertiary/aromatic N) is 4. The highest BCUT2D eigenvalue weighted by molar-refractivity contribution is 5.82. The van der Waals surface area contributed by atoms with Gasteiger partial charge in [0.2, 0.25) is 5.91 Å². The first-order chi connectivity index (χ1) is 12.3. The molecule has 1 aromatic carbocycles. The number of carbonyl (C=O) groups excluding carboxylic acids is 1. The maximum Gasteiger partial charge on any atom is 0.237 e. The molecule has 0 bridgehead atoms. The first-order valence-electron chi connectivity index (χ1n) is 8.64. The number of rotatable bonds is 5. The Labute approximate surface area is 146 Å². The van der Waals surface area contributed by atoms with Crippen molar-refractivity contribution in [3.05, 3.63) is 66.1 Å². The molecule has 1 aliphatic heterocycles. The number of benzene rings is 1. The minimum absolute atomic E-state index is 0.0602. The van der Waals surface area contributed by atoms with Gasteiger partial charge in [0, 0.05) is 31.0 Å². The van der Waals surface area contributed by atoms with E-state index in [2.05, 4.69) is 32.4 Å². The molecule has 0 spiro atoms. The summed E-state index contributed by atoms with van der Waals surface area (Å²) in [5.41, 5.74) is 2.96. The molecule has 1 aliphatic rings. The monoisotopic (exact) mass is 335 g/mol. The van der Waals surface area contributed by atoms with Crippen LogP contribution in [0.4, 0.5) is 0 Å². The Hall–Kier alpha value is -2.73. The van der Waals surface area contributed by atoms with Gasteiger partial charge in [-0.2, -0.15) is 5.10 Å². The summed E-state index contributed by atoms with van der Waals surface area (Å²) in [7, 11) is 0. The van der Waals surface area contributed by atoms with Crippen LogP contribution in [0.1, 0.15) is 24.0 Å². The Morgan fingerprint density at radius 2 is 2.12 bits per heavy atom. The van der Waals surface area contributed by atoms with Crippen molar-refractivity contribution in [2.75, 3.05) is 6.54 Å². The minimum atomic E-state index is -0.0602. The first kappa shape index (κ1) is 15.8. The van der Waals surface area contributed by atoms with E-state index in [4.69, 9.17) is 0 Å². The molecular formula is C19H21N5O. The van der Waals surface area contributed by atoms with E-state index in [-0.39, 0.29) is 11.9 Å². The lowest BCUT2D eigenvalue weighted by atomic mass is 10.1. The predicted molar refractivity (Wildman–Crippen MR) is 94.7 cm³/mol. The second kappa shape index (κ2) is 7.03. The quantitative estimate of drug-likeness (QED) is 0.775. The van der Waals surface area contributed by atoms with Crippen LogP contribution >= 0.6 is 0 Å². The molecule has 1 N–H and O–H groups in total. The van der Waals surface area contributed by atoms with Crippen molar-refractivity contribution in [1.82, 2.24) is 24.8 Å². The van der Waals surface area contributed by atoms with E-state index in [1.165, 1.54) is 5.56 Å². The molecule has 6 nitrogen and oxygen atoms in total. The van der Waals surface area contributed by atoms with Crippen LogP contribution in [0, 0.1) is 0 Å². The normalized spacial score (nSPS) is 17.8. The smallest absolute Gasteiger partial charge is 0.237 e. The third-order valence-corrected chi connectivity index (χ3v) is 4.70. The van der Waals surface area contributed by atoms with Gasteiger partial charge in [0.1, 0.15) is 0 Å². The molecule has 6 heteroatoms. The SMILES string of the molecule is O=C(NCc1cnn2cccnc12)[C@@H]1CCCN1Cc1ccccc1. The zero-order chi connectivity index (χ0) is 17.1. The second-order valence-electron chi connectivity index (χ2n) is 6.39. The molecule has 3 heterocycles. The lowest BCUT2D eigenvalue weighted by molar-refractivity contribution is -0.125. The van der Waals surface area contributed by atoms with Crippen molar-refractivity contribution < 1.29 is 4.79 Å². The number of hydrogen-bond acceptors (Lipinski definition) is 4. The third-order valence-electron chi connectivity index (χ3n) is 4.70. The summed E-state index contributed by atoms with van der Waals surface area (Å²) in [6.07, 6.45) is 7.32. The first-order valence-corrected chi connectivity index (χ1v) is 8.64. The van der Waals surface area contributed by atoms with Crippen molar-refractivity contribution in [2.24, 2.45) is 0 Å². The van der Waals surface area contributed by atoms with Crippen LogP contribution in [0.3, 0.4) is 0 Å². The van der Waals surface area contributed by atoms with E-state index >= 15 is 0 Å². The van der Waals surface area contributed by atoms with Crippen LogP contribution in [-0.4, -0.2) is 38.0 Å². The Morgan fingerprint density at radius 3 is 3.00 bits per heavy atom. The molecule has 128 valence electrons. The molecule has 1 atom stereocenters. The number of aromatic nitrogens is 3. The highest BCUT2D eigenvalue weighted by Crippen LogP contribution is 2.20. The van der Waals surface area contributed by atoms with Gasteiger partial charge in [-0.1, -0.05) is 30.3 Å². The van der Waals surface area contributed by atoms with E-state index in [0.717, 1.165) is 37.1 Å². The number of likely N-dealkylation sites (tertiary alicyclic amines) is 1. The van der Waals surface area contributed by atoms with Gasteiger partial charge in [-0.15, -0.1) is 0 Å². The van der Waals surface area contributed by atoms with Gasteiger partial charge in [-0.3, -0.25) is 9.69 Å². The van der Waals surface area contributed by atoms with E-state index in [1.54, 1.807) is 16.9 Å². The molecule has 0 radical (unpaired) electrons. The fraction of sp³-hybridized carbons (Fsp3) is 0.316. The fourth-order valence-corrected chi connectivity index (χ4v) is 3.43. The minimum Gasteiger partial charge on any atom is -0.350 e. The van der Waals surface area contributed by atoms with Crippen LogP contribution in [0.5, 0.6) is 0 Å². The van der Waals surface area contributed by atoms with Crippen LogP contribution in [0.2, 0.25) is 0 Å². The predicted octanol–water partition coefficient (Wildman–Crippen LogP) is 2.01. The summed E-state index contributed by atoms with van der Waals surface area (Å²) in [5.74, 6) is 0.0868. The van der Waals surface area contributed by atoms with Crippen molar-refractivity contribution in [3.63, 3.8) is 0 Å². The van der Waals surface area contributed by atoms with Crippen molar-refractivity contribution in [2.45, 2.75) is 32.0 Å². The van der Waals surface area contributed by atoms with Crippen LogP contribution in [-0.2, 0) is 17.9 Å². The Bertz CT molecular complexity index is 860. The van der Waals surface area contributed by atoms with Crippen LogP contribution in [0.25, 0.3) is 5.65 Å². The van der Waals surface area contributed by atoms with E-state index in [1.807, 2.05) is 30.5 Å². The summed E-state index contributed by atoms with van der Waals surface area (Å²) in [4.78, 5) is 19.3. The Morgan fingerprint density at radius 1 is 1.24 bits per heavy atom. The number of carbonyl (C=O) groups is 1.